The van der Waals surface area contributed by atoms with Gasteiger partial charge in [0, 0.05) is 10.5 Å². The van der Waals surface area contributed by atoms with Gasteiger partial charge in [-0.25, -0.2) is 0 Å². The molecule has 0 aliphatic heterocycles. The Morgan fingerprint density at radius 1 is 1.05 bits per heavy atom. The van der Waals surface area contributed by atoms with Gasteiger partial charge >= 0.3 is 0 Å². The maximum absolute atomic E-state index is 6.23. The first kappa shape index (κ1) is 14.3. The maximum Gasteiger partial charge on any atom is 0.0175 e. The van der Waals surface area contributed by atoms with Crippen molar-refractivity contribution in [1.82, 2.24) is 0 Å². The van der Waals surface area contributed by atoms with Gasteiger partial charge in [0.1, 0.15) is 0 Å². The van der Waals surface area contributed by atoms with E-state index < -0.39 is 0 Å². The summed E-state index contributed by atoms with van der Waals surface area (Å²) in [7, 11) is 0. The highest BCUT2D eigenvalue weighted by Gasteiger charge is 2.06. The third-order valence-corrected chi connectivity index (χ3v) is 3.99. The summed E-state index contributed by atoms with van der Waals surface area (Å²) in [6, 6.07) is 17.2. The SMILES string of the molecule is Cc1ccccc1CCC(N)Cc1ccc(Br)cc1. The molecule has 0 radical (unpaired) electrons. The van der Waals surface area contributed by atoms with E-state index in [1.807, 2.05) is 0 Å². The summed E-state index contributed by atoms with van der Waals surface area (Å²) < 4.78 is 1.12. The van der Waals surface area contributed by atoms with Gasteiger partial charge in [-0.2, -0.15) is 0 Å². The van der Waals surface area contributed by atoms with Crippen molar-refractivity contribution in [1.29, 1.82) is 0 Å². The average molecular weight is 318 g/mol. The molecule has 2 N–H and O–H groups in total. The fourth-order valence-electron chi connectivity index (χ4n) is 2.26. The van der Waals surface area contributed by atoms with Gasteiger partial charge in [-0.3, -0.25) is 0 Å². The molecule has 0 saturated carbocycles. The zero-order chi connectivity index (χ0) is 13.7. The summed E-state index contributed by atoms with van der Waals surface area (Å²) in [5.74, 6) is 0. The lowest BCUT2D eigenvalue weighted by molar-refractivity contribution is 0.609. The van der Waals surface area contributed by atoms with E-state index >= 15 is 0 Å². The minimum absolute atomic E-state index is 0.223. The number of hydrogen-bond acceptors (Lipinski definition) is 1. The molecular weight excluding hydrogens is 298 g/mol. The number of halogens is 1. The fourth-order valence-corrected chi connectivity index (χ4v) is 2.52. The smallest absolute Gasteiger partial charge is 0.0175 e. The summed E-state index contributed by atoms with van der Waals surface area (Å²) >= 11 is 3.45. The van der Waals surface area contributed by atoms with Crippen molar-refractivity contribution in [2.24, 2.45) is 5.73 Å². The predicted octanol–water partition coefficient (Wildman–Crippen LogP) is 4.26. The van der Waals surface area contributed by atoms with Crippen LogP contribution in [-0.4, -0.2) is 6.04 Å². The zero-order valence-electron chi connectivity index (χ0n) is 11.3. The van der Waals surface area contributed by atoms with Crippen LogP contribution in [0.1, 0.15) is 23.1 Å². The molecular formula is C17H20BrN. The second-order valence-corrected chi connectivity index (χ2v) is 5.97. The first-order valence-electron chi connectivity index (χ1n) is 6.69. The van der Waals surface area contributed by atoms with E-state index in [0.29, 0.717) is 0 Å². The van der Waals surface area contributed by atoms with Crippen LogP contribution in [0.2, 0.25) is 0 Å². The van der Waals surface area contributed by atoms with E-state index in [9.17, 15) is 0 Å². The molecule has 2 aromatic rings. The molecule has 0 bridgehead atoms. The van der Waals surface area contributed by atoms with Crippen LogP contribution in [0, 0.1) is 6.92 Å². The Labute approximate surface area is 124 Å². The van der Waals surface area contributed by atoms with E-state index in [-0.39, 0.29) is 6.04 Å². The first-order valence-corrected chi connectivity index (χ1v) is 7.49. The van der Waals surface area contributed by atoms with Crippen molar-refractivity contribution in [2.75, 3.05) is 0 Å². The van der Waals surface area contributed by atoms with E-state index in [1.54, 1.807) is 0 Å². The molecule has 0 heterocycles. The monoisotopic (exact) mass is 317 g/mol. The molecule has 1 unspecified atom stereocenters. The maximum atomic E-state index is 6.23. The lowest BCUT2D eigenvalue weighted by Gasteiger charge is -2.13. The van der Waals surface area contributed by atoms with E-state index in [4.69, 9.17) is 5.73 Å². The van der Waals surface area contributed by atoms with Crippen LogP contribution in [0.4, 0.5) is 0 Å². The molecule has 0 fully saturated rings. The van der Waals surface area contributed by atoms with Gasteiger partial charge < -0.3 is 5.73 Å². The van der Waals surface area contributed by atoms with Crippen LogP contribution in [0.25, 0.3) is 0 Å². The molecule has 0 aliphatic carbocycles. The lowest BCUT2D eigenvalue weighted by Crippen LogP contribution is -2.23. The topological polar surface area (TPSA) is 26.0 Å². The summed E-state index contributed by atoms with van der Waals surface area (Å²) in [4.78, 5) is 0. The van der Waals surface area contributed by atoms with Gasteiger partial charge in [0.15, 0.2) is 0 Å². The molecule has 1 nitrogen and oxygen atoms in total. The largest absolute Gasteiger partial charge is 0.327 e. The Kier molecular flexibility index (Phi) is 5.17. The quantitative estimate of drug-likeness (QED) is 0.876. The van der Waals surface area contributed by atoms with E-state index in [1.165, 1.54) is 16.7 Å². The van der Waals surface area contributed by atoms with Gasteiger partial charge in [-0.1, -0.05) is 52.3 Å². The van der Waals surface area contributed by atoms with Gasteiger partial charge in [0.2, 0.25) is 0 Å². The molecule has 2 heteroatoms. The van der Waals surface area contributed by atoms with Crippen LogP contribution >= 0.6 is 15.9 Å². The van der Waals surface area contributed by atoms with Crippen molar-refractivity contribution < 1.29 is 0 Å². The second-order valence-electron chi connectivity index (χ2n) is 5.06. The van der Waals surface area contributed by atoms with Crippen molar-refractivity contribution in [3.8, 4) is 0 Å². The Bertz CT molecular complexity index is 519. The Balaban J connectivity index is 1.86. The van der Waals surface area contributed by atoms with Gasteiger partial charge in [-0.15, -0.1) is 0 Å². The normalized spacial score (nSPS) is 12.4. The Hall–Kier alpha value is -1.12. The van der Waals surface area contributed by atoms with E-state index in [2.05, 4.69) is 71.4 Å². The molecule has 2 aromatic carbocycles. The van der Waals surface area contributed by atoms with Gasteiger partial charge in [-0.05, 0) is 55.0 Å². The Morgan fingerprint density at radius 3 is 2.42 bits per heavy atom. The van der Waals surface area contributed by atoms with Crippen molar-refractivity contribution in [3.05, 3.63) is 69.7 Å². The summed E-state index contributed by atoms with van der Waals surface area (Å²) in [6.45, 7) is 2.16. The number of rotatable bonds is 5. The highest BCUT2D eigenvalue weighted by Crippen LogP contribution is 2.14. The average Bonchev–Trinajstić information content (AvgIpc) is 2.40. The number of benzene rings is 2. The second kappa shape index (κ2) is 6.88. The molecule has 2 rings (SSSR count). The van der Waals surface area contributed by atoms with Crippen LogP contribution in [0.5, 0.6) is 0 Å². The summed E-state index contributed by atoms with van der Waals surface area (Å²) in [5, 5.41) is 0. The van der Waals surface area contributed by atoms with Crippen LogP contribution in [0.15, 0.2) is 53.0 Å². The minimum atomic E-state index is 0.223. The molecule has 0 spiro atoms. The predicted molar refractivity (Wildman–Crippen MR) is 85.3 cm³/mol. The Morgan fingerprint density at radius 2 is 1.74 bits per heavy atom. The number of aryl methyl sites for hydroxylation is 2. The summed E-state index contributed by atoms with van der Waals surface area (Å²) in [5.41, 5.74) is 10.3. The van der Waals surface area contributed by atoms with Crippen LogP contribution in [-0.2, 0) is 12.8 Å². The molecule has 100 valence electrons. The molecule has 0 aromatic heterocycles. The van der Waals surface area contributed by atoms with Crippen molar-refractivity contribution >= 4 is 15.9 Å². The first-order chi connectivity index (χ1) is 9.15. The minimum Gasteiger partial charge on any atom is -0.327 e. The molecule has 1 atom stereocenters. The highest BCUT2D eigenvalue weighted by molar-refractivity contribution is 9.10. The van der Waals surface area contributed by atoms with Crippen molar-refractivity contribution in [3.63, 3.8) is 0 Å². The van der Waals surface area contributed by atoms with Crippen LogP contribution in [0.3, 0.4) is 0 Å². The molecule has 0 saturated heterocycles. The van der Waals surface area contributed by atoms with Crippen LogP contribution < -0.4 is 5.73 Å². The molecule has 0 aliphatic rings. The number of hydrogen-bond donors (Lipinski definition) is 1. The molecule has 0 amide bonds. The summed E-state index contributed by atoms with van der Waals surface area (Å²) in [6.07, 6.45) is 3.03. The van der Waals surface area contributed by atoms with Gasteiger partial charge in [0.25, 0.3) is 0 Å². The third kappa shape index (κ3) is 4.48. The van der Waals surface area contributed by atoms with Crippen molar-refractivity contribution in [2.45, 2.75) is 32.2 Å². The fraction of sp³-hybridized carbons (Fsp3) is 0.294. The zero-order valence-corrected chi connectivity index (χ0v) is 12.9. The lowest BCUT2D eigenvalue weighted by atomic mass is 9.98. The number of nitrogens with two attached hydrogens (primary N) is 1. The van der Waals surface area contributed by atoms with E-state index in [0.717, 1.165) is 23.7 Å². The van der Waals surface area contributed by atoms with Gasteiger partial charge in [0.05, 0.1) is 0 Å². The standard InChI is InChI=1S/C17H20BrN/c1-13-4-2-3-5-15(13)8-11-17(19)12-14-6-9-16(18)10-7-14/h2-7,9-10,17H,8,11-12,19H2,1H3. The third-order valence-electron chi connectivity index (χ3n) is 3.46. The molecule has 19 heavy (non-hydrogen) atoms. The highest BCUT2D eigenvalue weighted by atomic mass is 79.9.